The van der Waals surface area contributed by atoms with Gasteiger partial charge in [-0.25, -0.2) is 4.79 Å². The molecule has 1 amide bonds. The van der Waals surface area contributed by atoms with E-state index in [4.69, 9.17) is 5.73 Å². The second-order valence-corrected chi connectivity index (χ2v) is 3.99. The van der Waals surface area contributed by atoms with Crippen LogP contribution in [0.2, 0.25) is 0 Å². The average Bonchev–Trinajstić information content (AvgIpc) is 2.87. The maximum atomic E-state index is 11.7. The Morgan fingerprint density at radius 1 is 1.45 bits per heavy atom. The summed E-state index contributed by atoms with van der Waals surface area (Å²) in [5, 5.41) is 10.4. The van der Waals surface area contributed by atoms with Crippen molar-refractivity contribution in [1.82, 2.24) is 19.9 Å². The van der Waals surface area contributed by atoms with Crippen LogP contribution in [0.4, 0.5) is 0 Å². The molecule has 0 aliphatic carbocycles. The van der Waals surface area contributed by atoms with Crippen LogP contribution in [-0.4, -0.2) is 39.1 Å². The Balaban J connectivity index is 1.98. The fraction of sp³-hybridized carbons (Fsp3) is 0.333. The standard InChI is InChI=1S/C12H15N5O3/c1-2-20-12(19)10(13)11(18)14-7-9-16-15-8-5-3-4-6-17(8)9/h3-6,10H,2,7,13H2,1H3,(H,14,18). The zero-order valence-corrected chi connectivity index (χ0v) is 10.9. The number of nitrogens with zero attached hydrogens (tertiary/aromatic N) is 3. The number of fused-ring (bicyclic) bond motifs is 1. The first kappa shape index (κ1) is 13.9. The van der Waals surface area contributed by atoms with E-state index in [-0.39, 0.29) is 13.2 Å². The third-order valence-electron chi connectivity index (χ3n) is 2.63. The summed E-state index contributed by atoms with van der Waals surface area (Å²) in [6.07, 6.45) is 1.78. The van der Waals surface area contributed by atoms with Gasteiger partial charge in [-0.2, -0.15) is 0 Å². The van der Waals surface area contributed by atoms with Gasteiger partial charge in [0.15, 0.2) is 17.5 Å². The SMILES string of the molecule is CCOC(=O)C(N)C(=O)NCc1nnc2ccccn12. The van der Waals surface area contributed by atoms with Crippen LogP contribution in [0.3, 0.4) is 0 Å². The molecule has 0 aliphatic heterocycles. The van der Waals surface area contributed by atoms with Crippen LogP contribution in [0.5, 0.6) is 0 Å². The molecule has 0 saturated carbocycles. The lowest BCUT2D eigenvalue weighted by Gasteiger charge is -2.10. The van der Waals surface area contributed by atoms with Crippen molar-refractivity contribution in [3.05, 3.63) is 30.2 Å². The number of nitrogens with one attached hydrogen (secondary N) is 1. The summed E-state index contributed by atoms with van der Waals surface area (Å²) in [6.45, 7) is 1.94. The molecular formula is C12H15N5O3. The molecular weight excluding hydrogens is 262 g/mol. The Bertz CT molecular complexity index is 624. The van der Waals surface area contributed by atoms with Crippen molar-refractivity contribution in [1.29, 1.82) is 0 Å². The highest BCUT2D eigenvalue weighted by Gasteiger charge is 2.23. The molecule has 0 aliphatic rings. The Labute approximate surface area is 114 Å². The van der Waals surface area contributed by atoms with Crippen molar-refractivity contribution in [2.45, 2.75) is 19.5 Å². The van der Waals surface area contributed by atoms with Crippen LogP contribution < -0.4 is 11.1 Å². The highest BCUT2D eigenvalue weighted by Crippen LogP contribution is 2.02. The maximum Gasteiger partial charge on any atom is 0.332 e. The van der Waals surface area contributed by atoms with Crippen LogP contribution in [0.15, 0.2) is 24.4 Å². The van der Waals surface area contributed by atoms with Gasteiger partial charge in [-0.15, -0.1) is 10.2 Å². The second-order valence-electron chi connectivity index (χ2n) is 3.99. The summed E-state index contributed by atoms with van der Waals surface area (Å²) in [5.41, 5.74) is 6.14. The second kappa shape index (κ2) is 6.11. The van der Waals surface area contributed by atoms with E-state index in [1.807, 2.05) is 12.1 Å². The highest BCUT2D eigenvalue weighted by atomic mass is 16.5. The van der Waals surface area contributed by atoms with Crippen molar-refractivity contribution >= 4 is 17.5 Å². The minimum absolute atomic E-state index is 0.122. The Morgan fingerprint density at radius 3 is 3.00 bits per heavy atom. The monoisotopic (exact) mass is 277 g/mol. The number of nitrogens with two attached hydrogens (primary N) is 1. The molecule has 0 saturated heterocycles. The zero-order valence-electron chi connectivity index (χ0n) is 10.9. The first-order chi connectivity index (χ1) is 9.63. The number of rotatable bonds is 5. The lowest BCUT2D eigenvalue weighted by atomic mass is 10.3. The number of ether oxygens (including phenoxy) is 1. The predicted molar refractivity (Wildman–Crippen MR) is 69.4 cm³/mol. The molecule has 8 heteroatoms. The van der Waals surface area contributed by atoms with Gasteiger partial charge >= 0.3 is 5.97 Å². The van der Waals surface area contributed by atoms with Crippen LogP contribution >= 0.6 is 0 Å². The molecule has 2 heterocycles. The highest BCUT2D eigenvalue weighted by molar-refractivity contribution is 6.01. The lowest BCUT2D eigenvalue weighted by Crippen LogP contribution is -2.46. The quantitative estimate of drug-likeness (QED) is 0.548. The average molecular weight is 277 g/mol. The number of aromatic nitrogens is 3. The number of amides is 1. The number of esters is 1. The fourth-order valence-corrected chi connectivity index (χ4v) is 1.63. The number of pyridine rings is 1. The van der Waals surface area contributed by atoms with Crippen molar-refractivity contribution in [3.8, 4) is 0 Å². The van der Waals surface area contributed by atoms with Gasteiger partial charge in [0.05, 0.1) is 13.2 Å². The largest absolute Gasteiger partial charge is 0.464 e. The summed E-state index contributed by atoms with van der Waals surface area (Å²) < 4.78 is 6.41. The number of hydrogen-bond acceptors (Lipinski definition) is 6. The van der Waals surface area contributed by atoms with Crippen molar-refractivity contribution in [2.24, 2.45) is 5.73 Å². The van der Waals surface area contributed by atoms with E-state index in [0.717, 1.165) is 0 Å². The van der Waals surface area contributed by atoms with Crippen LogP contribution in [0.1, 0.15) is 12.7 Å². The van der Waals surface area contributed by atoms with Gasteiger partial charge in [-0.05, 0) is 19.1 Å². The van der Waals surface area contributed by atoms with Gasteiger partial charge in [0.25, 0.3) is 0 Å². The van der Waals surface area contributed by atoms with Crippen molar-refractivity contribution in [2.75, 3.05) is 6.61 Å². The van der Waals surface area contributed by atoms with E-state index in [0.29, 0.717) is 11.5 Å². The molecule has 106 valence electrons. The third-order valence-corrected chi connectivity index (χ3v) is 2.63. The Kier molecular flexibility index (Phi) is 4.26. The Hall–Kier alpha value is -2.48. The van der Waals surface area contributed by atoms with E-state index in [1.165, 1.54) is 0 Å². The van der Waals surface area contributed by atoms with E-state index in [2.05, 4.69) is 20.3 Å². The molecule has 2 rings (SSSR count). The molecule has 0 bridgehead atoms. The van der Waals surface area contributed by atoms with E-state index in [1.54, 1.807) is 23.6 Å². The zero-order chi connectivity index (χ0) is 14.5. The normalized spacial score (nSPS) is 12.1. The molecule has 2 aromatic rings. The van der Waals surface area contributed by atoms with Crippen LogP contribution in [0.25, 0.3) is 5.65 Å². The smallest absolute Gasteiger partial charge is 0.332 e. The van der Waals surface area contributed by atoms with Crippen molar-refractivity contribution in [3.63, 3.8) is 0 Å². The first-order valence-corrected chi connectivity index (χ1v) is 6.12. The summed E-state index contributed by atoms with van der Waals surface area (Å²) in [7, 11) is 0. The molecule has 3 N–H and O–H groups in total. The van der Waals surface area contributed by atoms with Gasteiger partial charge in [0.2, 0.25) is 5.91 Å². The maximum absolute atomic E-state index is 11.7. The first-order valence-electron chi connectivity index (χ1n) is 6.12. The van der Waals surface area contributed by atoms with Gasteiger partial charge in [0.1, 0.15) is 0 Å². The van der Waals surface area contributed by atoms with Gasteiger partial charge in [-0.3, -0.25) is 9.20 Å². The van der Waals surface area contributed by atoms with E-state index in [9.17, 15) is 9.59 Å². The Morgan fingerprint density at radius 2 is 2.25 bits per heavy atom. The number of carbonyl (C=O) groups is 2. The molecule has 20 heavy (non-hydrogen) atoms. The molecule has 1 unspecified atom stereocenters. The van der Waals surface area contributed by atoms with E-state index < -0.39 is 17.9 Å². The van der Waals surface area contributed by atoms with Crippen molar-refractivity contribution < 1.29 is 14.3 Å². The predicted octanol–water partition coefficient (Wildman–Crippen LogP) is -0.764. The van der Waals surface area contributed by atoms with Crippen LogP contribution in [0, 0.1) is 0 Å². The molecule has 0 aromatic carbocycles. The van der Waals surface area contributed by atoms with Gasteiger partial charge in [0, 0.05) is 6.20 Å². The van der Waals surface area contributed by atoms with Crippen LogP contribution in [-0.2, 0) is 20.9 Å². The fourth-order valence-electron chi connectivity index (χ4n) is 1.63. The number of carbonyl (C=O) groups excluding carboxylic acids is 2. The molecule has 0 spiro atoms. The van der Waals surface area contributed by atoms with Gasteiger partial charge in [-0.1, -0.05) is 6.07 Å². The number of hydrogen-bond donors (Lipinski definition) is 2. The minimum atomic E-state index is -1.34. The summed E-state index contributed by atoms with van der Waals surface area (Å²) in [5.74, 6) is -0.822. The lowest BCUT2D eigenvalue weighted by molar-refractivity contribution is -0.148. The molecule has 0 radical (unpaired) electrons. The topological polar surface area (TPSA) is 112 Å². The van der Waals surface area contributed by atoms with E-state index >= 15 is 0 Å². The molecule has 8 nitrogen and oxygen atoms in total. The van der Waals surface area contributed by atoms with Gasteiger partial charge < -0.3 is 15.8 Å². The summed E-state index contributed by atoms with van der Waals surface area (Å²) in [6, 6.07) is 4.12. The summed E-state index contributed by atoms with van der Waals surface area (Å²) >= 11 is 0. The molecule has 2 aromatic heterocycles. The molecule has 0 fully saturated rings. The third kappa shape index (κ3) is 2.91. The summed E-state index contributed by atoms with van der Waals surface area (Å²) in [4.78, 5) is 23.0. The minimum Gasteiger partial charge on any atom is -0.464 e. The molecule has 1 atom stereocenters.